The van der Waals surface area contributed by atoms with E-state index in [0.29, 0.717) is 18.9 Å². The molecule has 1 aromatic carbocycles. The minimum absolute atomic E-state index is 0. The SMILES string of the molecule is Cc1ccc2c(CC(=O)NCC(N)C3CC3)coc2c1C.Cl. The van der Waals surface area contributed by atoms with Crippen molar-refractivity contribution in [3.63, 3.8) is 0 Å². The lowest BCUT2D eigenvalue weighted by Gasteiger charge is -2.11. The van der Waals surface area contributed by atoms with E-state index in [9.17, 15) is 4.79 Å². The molecule has 120 valence electrons. The van der Waals surface area contributed by atoms with Crippen LogP contribution in [0.1, 0.15) is 29.5 Å². The van der Waals surface area contributed by atoms with Crippen LogP contribution in [-0.4, -0.2) is 18.5 Å². The highest BCUT2D eigenvalue weighted by Gasteiger charge is 2.28. The Kier molecular flexibility index (Phi) is 5.14. The smallest absolute Gasteiger partial charge is 0.224 e. The summed E-state index contributed by atoms with van der Waals surface area (Å²) in [4.78, 5) is 12.0. The van der Waals surface area contributed by atoms with E-state index in [1.807, 2.05) is 13.0 Å². The van der Waals surface area contributed by atoms with Gasteiger partial charge in [0.1, 0.15) is 5.58 Å². The van der Waals surface area contributed by atoms with E-state index < -0.39 is 0 Å². The third kappa shape index (κ3) is 3.45. The molecule has 0 radical (unpaired) electrons. The second kappa shape index (κ2) is 6.71. The monoisotopic (exact) mass is 322 g/mol. The standard InChI is InChI=1S/C17H22N2O2.ClH/c1-10-3-6-14-13(9-21-17(14)11(10)2)7-16(20)19-8-15(18)12-4-5-12;/h3,6,9,12,15H,4-5,7-8,18H2,1-2H3,(H,19,20);1H. The molecule has 1 atom stereocenters. The maximum Gasteiger partial charge on any atom is 0.224 e. The molecule has 3 N–H and O–H groups in total. The van der Waals surface area contributed by atoms with Crippen molar-refractivity contribution in [1.82, 2.24) is 5.32 Å². The lowest BCUT2D eigenvalue weighted by molar-refractivity contribution is -0.120. The van der Waals surface area contributed by atoms with Gasteiger partial charge in [0, 0.05) is 23.5 Å². The van der Waals surface area contributed by atoms with E-state index in [2.05, 4.69) is 18.3 Å². The maximum atomic E-state index is 12.0. The highest BCUT2D eigenvalue weighted by molar-refractivity contribution is 5.89. The Bertz CT molecular complexity index is 677. The Morgan fingerprint density at radius 3 is 2.82 bits per heavy atom. The van der Waals surface area contributed by atoms with Gasteiger partial charge in [0.25, 0.3) is 0 Å². The number of carbonyl (C=O) groups is 1. The normalized spacial score (nSPS) is 15.4. The van der Waals surface area contributed by atoms with E-state index in [0.717, 1.165) is 22.1 Å². The van der Waals surface area contributed by atoms with Gasteiger partial charge >= 0.3 is 0 Å². The Hall–Kier alpha value is -1.52. The van der Waals surface area contributed by atoms with Gasteiger partial charge in [-0.3, -0.25) is 4.79 Å². The number of halogens is 1. The Morgan fingerprint density at radius 2 is 2.14 bits per heavy atom. The number of furan rings is 1. The summed E-state index contributed by atoms with van der Waals surface area (Å²) < 4.78 is 5.63. The van der Waals surface area contributed by atoms with Crippen LogP contribution in [-0.2, 0) is 11.2 Å². The number of hydrogen-bond acceptors (Lipinski definition) is 3. The summed E-state index contributed by atoms with van der Waals surface area (Å²) in [6.07, 6.45) is 4.43. The molecule has 0 spiro atoms. The number of hydrogen-bond donors (Lipinski definition) is 2. The zero-order chi connectivity index (χ0) is 15.0. The van der Waals surface area contributed by atoms with Crippen LogP contribution in [0.4, 0.5) is 0 Å². The fraction of sp³-hybridized carbons (Fsp3) is 0.471. The van der Waals surface area contributed by atoms with Gasteiger partial charge in [0.05, 0.1) is 12.7 Å². The zero-order valence-electron chi connectivity index (χ0n) is 13.0. The molecule has 1 saturated carbocycles. The van der Waals surface area contributed by atoms with Crippen molar-refractivity contribution < 1.29 is 9.21 Å². The van der Waals surface area contributed by atoms with E-state index in [1.165, 1.54) is 18.4 Å². The van der Waals surface area contributed by atoms with Crippen LogP contribution in [0, 0.1) is 19.8 Å². The number of nitrogens with one attached hydrogen (secondary N) is 1. The number of amides is 1. The van der Waals surface area contributed by atoms with Gasteiger partial charge in [-0.25, -0.2) is 0 Å². The van der Waals surface area contributed by atoms with Crippen LogP contribution in [0.5, 0.6) is 0 Å². The predicted molar refractivity (Wildman–Crippen MR) is 90.3 cm³/mol. The first-order valence-electron chi connectivity index (χ1n) is 7.55. The zero-order valence-corrected chi connectivity index (χ0v) is 13.8. The summed E-state index contributed by atoms with van der Waals surface area (Å²) in [7, 11) is 0. The molecule has 0 bridgehead atoms. The second-order valence-electron chi connectivity index (χ2n) is 6.13. The number of aryl methyl sites for hydroxylation is 2. The average molecular weight is 323 g/mol. The molecule has 0 saturated heterocycles. The molecular weight excluding hydrogens is 300 g/mol. The minimum Gasteiger partial charge on any atom is -0.464 e. The topological polar surface area (TPSA) is 68.3 Å². The van der Waals surface area contributed by atoms with Gasteiger partial charge < -0.3 is 15.5 Å². The molecule has 1 amide bonds. The van der Waals surface area contributed by atoms with Gasteiger partial charge in [-0.05, 0) is 43.7 Å². The average Bonchev–Trinajstić information content (AvgIpc) is 3.23. The van der Waals surface area contributed by atoms with Gasteiger partial charge in [-0.2, -0.15) is 0 Å². The number of nitrogens with two attached hydrogens (primary N) is 1. The number of rotatable bonds is 5. The minimum atomic E-state index is 0. The van der Waals surface area contributed by atoms with Gasteiger partial charge in [-0.1, -0.05) is 12.1 Å². The molecule has 5 heteroatoms. The summed E-state index contributed by atoms with van der Waals surface area (Å²) in [5, 5.41) is 3.95. The lowest BCUT2D eigenvalue weighted by atomic mass is 10.0. The molecule has 1 aromatic heterocycles. The second-order valence-corrected chi connectivity index (χ2v) is 6.13. The van der Waals surface area contributed by atoms with Crippen LogP contribution >= 0.6 is 12.4 Å². The molecule has 1 fully saturated rings. The van der Waals surface area contributed by atoms with Crippen molar-refractivity contribution in [1.29, 1.82) is 0 Å². The number of fused-ring (bicyclic) bond motifs is 1. The summed E-state index contributed by atoms with van der Waals surface area (Å²) in [5.41, 5.74) is 10.1. The highest BCUT2D eigenvalue weighted by atomic mass is 35.5. The molecule has 1 aliphatic carbocycles. The summed E-state index contributed by atoms with van der Waals surface area (Å²) in [6.45, 7) is 4.67. The molecule has 1 heterocycles. The van der Waals surface area contributed by atoms with Crippen molar-refractivity contribution in [2.75, 3.05) is 6.54 Å². The van der Waals surface area contributed by atoms with Crippen LogP contribution in [0.2, 0.25) is 0 Å². The quantitative estimate of drug-likeness (QED) is 0.889. The molecule has 1 aliphatic rings. The Morgan fingerprint density at radius 1 is 1.41 bits per heavy atom. The molecule has 4 nitrogen and oxygen atoms in total. The molecular formula is C17H23ClN2O2. The molecule has 1 unspecified atom stereocenters. The van der Waals surface area contributed by atoms with E-state index in [-0.39, 0.29) is 24.4 Å². The number of benzene rings is 1. The van der Waals surface area contributed by atoms with E-state index in [4.69, 9.17) is 10.2 Å². The van der Waals surface area contributed by atoms with Crippen molar-refractivity contribution >= 4 is 29.3 Å². The van der Waals surface area contributed by atoms with E-state index >= 15 is 0 Å². The van der Waals surface area contributed by atoms with Gasteiger partial charge in [0.2, 0.25) is 5.91 Å². The Labute approximate surface area is 136 Å². The van der Waals surface area contributed by atoms with Crippen molar-refractivity contribution in [3.8, 4) is 0 Å². The molecule has 3 rings (SSSR count). The van der Waals surface area contributed by atoms with Crippen molar-refractivity contribution in [2.45, 2.75) is 39.2 Å². The first kappa shape index (κ1) is 16.8. The fourth-order valence-electron chi connectivity index (χ4n) is 2.68. The van der Waals surface area contributed by atoms with Crippen LogP contribution in [0.3, 0.4) is 0 Å². The largest absolute Gasteiger partial charge is 0.464 e. The lowest BCUT2D eigenvalue weighted by Crippen LogP contribution is -2.39. The summed E-state index contributed by atoms with van der Waals surface area (Å²) in [6, 6.07) is 4.19. The van der Waals surface area contributed by atoms with Crippen molar-refractivity contribution in [2.24, 2.45) is 11.7 Å². The third-order valence-electron chi connectivity index (χ3n) is 4.46. The number of carbonyl (C=O) groups excluding carboxylic acids is 1. The predicted octanol–water partition coefficient (Wildman–Crippen LogP) is 2.87. The summed E-state index contributed by atoms with van der Waals surface area (Å²) in [5.74, 6) is 0.609. The summed E-state index contributed by atoms with van der Waals surface area (Å²) >= 11 is 0. The van der Waals surface area contributed by atoms with Crippen molar-refractivity contribution in [3.05, 3.63) is 35.1 Å². The highest BCUT2D eigenvalue weighted by Crippen LogP contribution is 2.31. The van der Waals surface area contributed by atoms with Crippen LogP contribution < -0.4 is 11.1 Å². The molecule has 2 aromatic rings. The Balaban J connectivity index is 0.00000176. The molecule has 22 heavy (non-hydrogen) atoms. The van der Waals surface area contributed by atoms with Crippen LogP contribution in [0.15, 0.2) is 22.8 Å². The first-order chi connectivity index (χ1) is 10.1. The molecule has 0 aliphatic heterocycles. The first-order valence-corrected chi connectivity index (χ1v) is 7.55. The third-order valence-corrected chi connectivity index (χ3v) is 4.46. The van der Waals surface area contributed by atoms with Gasteiger partial charge in [-0.15, -0.1) is 12.4 Å². The van der Waals surface area contributed by atoms with Gasteiger partial charge in [0.15, 0.2) is 0 Å². The fourth-order valence-corrected chi connectivity index (χ4v) is 2.68. The van der Waals surface area contributed by atoms with E-state index in [1.54, 1.807) is 6.26 Å². The maximum absolute atomic E-state index is 12.0. The van der Waals surface area contributed by atoms with Crippen LogP contribution in [0.25, 0.3) is 11.0 Å².